The number of furan rings is 1. The summed E-state index contributed by atoms with van der Waals surface area (Å²) in [6, 6.07) is 5.82. The molecule has 0 saturated heterocycles. The SMILES string of the molecule is O=C(CCNC(=O)c1ccoc1)NC(c1cccs1)C1CCCC1. The van der Waals surface area contributed by atoms with Crippen LogP contribution in [-0.4, -0.2) is 18.4 Å². The van der Waals surface area contributed by atoms with Gasteiger partial charge in [0.2, 0.25) is 5.91 Å². The van der Waals surface area contributed by atoms with Crippen LogP contribution in [0.3, 0.4) is 0 Å². The summed E-state index contributed by atoms with van der Waals surface area (Å²) in [6.45, 7) is 0.317. The third kappa shape index (κ3) is 4.26. The zero-order valence-electron chi connectivity index (χ0n) is 13.5. The van der Waals surface area contributed by atoms with Crippen LogP contribution in [0.4, 0.5) is 0 Å². The Balaban J connectivity index is 1.49. The van der Waals surface area contributed by atoms with Gasteiger partial charge in [-0.3, -0.25) is 9.59 Å². The van der Waals surface area contributed by atoms with E-state index in [1.54, 1.807) is 17.4 Å². The Labute approximate surface area is 145 Å². The van der Waals surface area contributed by atoms with Crippen molar-refractivity contribution in [2.75, 3.05) is 6.54 Å². The van der Waals surface area contributed by atoms with Crippen molar-refractivity contribution in [1.82, 2.24) is 10.6 Å². The summed E-state index contributed by atoms with van der Waals surface area (Å²) in [4.78, 5) is 25.3. The molecule has 6 heteroatoms. The number of thiophene rings is 1. The number of hydrogen-bond acceptors (Lipinski definition) is 4. The summed E-state index contributed by atoms with van der Waals surface area (Å²) in [6.07, 6.45) is 7.93. The molecule has 1 atom stereocenters. The predicted octanol–water partition coefficient (Wildman–Crippen LogP) is 3.51. The summed E-state index contributed by atoms with van der Waals surface area (Å²) in [5, 5.41) is 7.96. The molecule has 0 aliphatic heterocycles. The van der Waals surface area contributed by atoms with Crippen molar-refractivity contribution in [2.24, 2.45) is 5.92 Å². The molecule has 2 N–H and O–H groups in total. The van der Waals surface area contributed by atoms with E-state index in [9.17, 15) is 9.59 Å². The smallest absolute Gasteiger partial charge is 0.254 e. The first kappa shape index (κ1) is 16.8. The number of hydrogen-bond donors (Lipinski definition) is 2. The molecule has 0 spiro atoms. The quantitative estimate of drug-likeness (QED) is 0.806. The van der Waals surface area contributed by atoms with Gasteiger partial charge in [0.15, 0.2) is 0 Å². The Morgan fingerprint density at radius 1 is 1.29 bits per heavy atom. The lowest BCUT2D eigenvalue weighted by Crippen LogP contribution is -2.35. The van der Waals surface area contributed by atoms with Gasteiger partial charge < -0.3 is 15.1 Å². The van der Waals surface area contributed by atoms with Crippen LogP contribution in [0.2, 0.25) is 0 Å². The van der Waals surface area contributed by atoms with Crippen LogP contribution in [0.5, 0.6) is 0 Å². The first-order valence-corrected chi connectivity index (χ1v) is 9.25. The summed E-state index contributed by atoms with van der Waals surface area (Å²) in [7, 11) is 0. The third-order valence-electron chi connectivity index (χ3n) is 4.46. The van der Waals surface area contributed by atoms with Crippen molar-refractivity contribution in [2.45, 2.75) is 38.1 Å². The average Bonchev–Trinajstić information content (AvgIpc) is 3.36. The van der Waals surface area contributed by atoms with E-state index in [0.717, 1.165) is 0 Å². The fraction of sp³-hybridized carbons (Fsp3) is 0.444. The van der Waals surface area contributed by atoms with E-state index in [4.69, 9.17) is 4.42 Å². The molecule has 0 bridgehead atoms. The van der Waals surface area contributed by atoms with Gasteiger partial charge in [-0.15, -0.1) is 11.3 Å². The zero-order valence-corrected chi connectivity index (χ0v) is 14.3. The van der Waals surface area contributed by atoms with Crippen molar-refractivity contribution < 1.29 is 14.0 Å². The third-order valence-corrected chi connectivity index (χ3v) is 5.41. The second kappa shape index (κ2) is 8.15. The second-order valence-corrected chi connectivity index (χ2v) is 7.10. The first-order chi connectivity index (χ1) is 11.7. The maximum Gasteiger partial charge on any atom is 0.254 e. The van der Waals surface area contributed by atoms with Gasteiger partial charge in [0.1, 0.15) is 6.26 Å². The molecule has 1 fully saturated rings. The molecule has 0 radical (unpaired) electrons. The van der Waals surface area contributed by atoms with Gasteiger partial charge >= 0.3 is 0 Å². The lowest BCUT2D eigenvalue weighted by Gasteiger charge is -2.23. The van der Waals surface area contributed by atoms with E-state index in [0.29, 0.717) is 18.0 Å². The van der Waals surface area contributed by atoms with Gasteiger partial charge in [-0.05, 0) is 36.3 Å². The Kier molecular flexibility index (Phi) is 5.69. The Bertz CT molecular complexity index is 646. The number of rotatable bonds is 7. The summed E-state index contributed by atoms with van der Waals surface area (Å²) < 4.78 is 4.88. The molecule has 3 rings (SSSR count). The van der Waals surface area contributed by atoms with Gasteiger partial charge in [-0.1, -0.05) is 18.9 Å². The normalized spacial score (nSPS) is 16.0. The van der Waals surface area contributed by atoms with Crippen molar-refractivity contribution in [1.29, 1.82) is 0 Å². The monoisotopic (exact) mass is 346 g/mol. The highest BCUT2D eigenvalue weighted by Gasteiger charge is 2.28. The molecule has 2 aromatic heterocycles. The van der Waals surface area contributed by atoms with Crippen molar-refractivity contribution in [3.05, 3.63) is 46.5 Å². The van der Waals surface area contributed by atoms with Crippen LogP contribution in [0, 0.1) is 5.92 Å². The lowest BCUT2D eigenvalue weighted by atomic mass is 9.96. The van der Waals surface area contributed by atoms with E-state index >= 15 is 0 Å². The molecular weight excluding hydrogens is 324 g/mol. The minimum Gasteiger partial charge on any atom is -0.472 e. The molecule has 1 aliphatic rings. The number of nitrogens with one attached hydrogen (secondary N) is 2. The topological polar surface area (TPSA) is 71.3 Å². The van der Waals surface area contributed by atoms with Crippen molar-refractivity contribution in [3.63, 3.8) is 0 Å². The zero-order chi connectivity index (χ0) is 16.8. The van der Waals surface area contributed by atoms with Gasteiger partial charge in [0, 0.05) is 17.8 Å². The molecule has 1 aliphatic carbocycles. The highest BCUT2D eigenvalue weighted by Crippen LogP contribution is 2.37. The fourth-order valence-electron chi connectivity index (χ4n) is 3.21. The van der Waals surface area contributed by atoms with Crippen LogP contribution in [0.1, 0.15) is 53.4 Å². The van der Waals surface area contributed by atoms with E-state index in [-0.39, 0.29) is 24.3 Å². The van der Waals surface area contributed by atoms with E-state index in [1.807, 2.05) is 6.07 Å². The number of carbonyl (C=O) groups is 2. The fourth-order valence-corrected chi connectivity index (χ4v) is 4.08. The molecule has 0 aromatic carbocycles. The van der Waals surface area contributed by atoms with E-state index < -0.39 is 0 Å². The Morgan fingerprint density at radius 3 is 2.79 bits per heavy atom. The highest BCUT2D eigenvalue weighted by molar-refractivity contribution is 7.10. The molecular formula is C18H22N2O3S. The van der Waals surface area contributed by atoms with Crippen LogP contribution in [0.15, 0.2) is 40.5 Å². The van der Waals surface area contributed by atoms with E-state index in [1.165, 1.54) is 43.1 Å². The molecule has 1 unspecified atom stereocenters. The van der Waals surface area contributed by atoms with Gasteiger partial charge in [-0.2, -0.15) is 0 Å². The van der Waals surface area contributed by atoms with Crippen LogP contribution < -0.4 is 10.6 Å². The largest absolute Gasteiger partial charge is 0.472 e. The van der Waals surface area contributed by atoms with Gasteiger partial charge in [0.25, 0.3) is 5.91 Å². The molecule has 1 saturated carbocycles. The molecule has 24 heavy (non-hydrogen) atoms. The van der Waals surface area contributed by atoms with Crippen molar-refractivity contribution in [3.8, 4) is 0 Å². The molecule has 128 valence electrons. The summed E-state index contributed by atoms with van der Waals surface area (Å²) in [5.74, 6) is 0.281. The van der Waals surface area contributed by atoms with Crippen LogP contribution in [-0.2, 0) is 4.79 Å². The predicted molar refractivity (Wildman–Crippen MR) is 92.8 cm³/mol. The van der Waals surface area contributed by atoms with Crippen molar-refractivity contribution >= 4 is 23.2 Å². The minimum atomic E-state index is -0.220. The summed E-state index contributed by atoms with van der Waals surface area (Å²) in [5.41, 5.74) is 0.470. The average molecular weight is 346 g/mol. The summed E-state index contributed by atoms with van der Waals surface area (Å²) >= 11 is 1.69. The van der Waals surface area contributed by atoms with E-state index in [2.05, 4.69) is 22.1 Å². The number of amides is 2. The molecule has 2 heterocycles. The van der Waals surface area contributed by atoms with Gasteiger partial charge in [-0.25, -0.2) is 0 Å². The van der Waals surface area contributed by atoms with Crippen LogP contribution >= 0.6 is 11.3 Å². The minimum absolute atomic E-state index is 0.0206. The maximum absolute atomic E-state index is 12.3. The Hall–Kier alpha value is -2.08. The standard InChI is InChI=1S/C18H22N2O3S/c21-16(7-9-19-18(22)14-8-10-23-12-14)20-17(13-4-1-2-5-13)15-6-3-11-24-15/h3,6,8,10-13,17H,1-2,4-5,7,9H2,(H,19,22)(H,20,21). The first-order valence-electron chi connectivity index (χ1n) is 8.37. The second-order valence-electron chi connectivity index (χ2n) is 6.12. The lowest BCUT2D eigenvalue weighted by molar-refractivity contribution is -0.122. The molecule has 5 nitrogen and oxygen atoms in total. The maximum atomic E-state index is 12.3. The Morgan fingerprint density at radius 2 is 2.12 bits per heavy atom. The molecule has 2 aromatic rings. The molecule has 2 amide bonds. The van der Waals surface area contributed by atoms with Crippen LogP contribution in [0.25, 0.3) is 0 Å². The highest BCUT2D eigenvalue weighted by atomic mass is 32.1. The van der Waals surface area contributed by atoms with Gasteiger partial charge in [0.05, 0.1) is 17.9 Å². The number of carbonyl (C=O) groups excluding carboxylic acids is 2.